The second-order valence-electron chi connectivity index (χ2n) is 8.12. The van der Waals surface area contributed by atoms with E-state index in [4.69, 9.17) is 9.47 Å². The minimum Gasteiger partial charge on any atom is -0.497 e. The van der Waals surface area contributed by atoms with Gasteiger partial charge in [0.05, 0.1) is 31.4 Å². The van der Waals surface area contributed by atoms with Crippen LogP contribution in [0.5, 0.6) is 11.5 Å². The summed E-state index contributed by atoms with van der Waals surface area (Å²) >= 11 is 0. The number of nitrogens with zero attached hydrogens (tertiary/aromatic N) is 1. The van der Waals surface area contributed by atoms with Gasteiger partial charge in [-0.2, -0.15) is 0 Å². The number of carbonyl (C=O) groups is 1. The third-order valence-electron chi connectivity index (χ3n) is 6.62. The molecule has 1 amide bonds. The van der Waals surface area contributed by atoms with E-state index >= 15 is 0 Å². The smallest absolute Gasteiger partial charge is 0.258 e. The highest BCUT2D eigenvalue weighted by molar-refractivity contribution is 5.97. The molecular weight excluding hydrogens is 366 g/mol. The highest BCUT2D eigenvalue weighted by Crippen LogP contribution is 2.50. The number of carbonyl (C=O) groups excluding carboxylic acids is 1. The van der Waals surface area contributed by atoms with Crippen molar-refractivity contribution in [3.8, 4) is 11.5 Å². The topological polar surface area (TPSA) is 59.0 Å². The lowest BCUT2D eigenvalue weighted by Gasteiger charge is -2.52. The van der Waals surface area contributed by atoms with Crippen molar-refractivity contribution in [3.05, 3.63) is 59.7 Å². The highest BCUT2D eigenvalue weighted by atomic mass is 16.5. The average molecular weight is 395 g/mol. The Hall–Kier alpha value is -2.53. The summed E-state index contributed by atoms with van der Waals surface area (Å²) in [6.07, 6.45) is 4.47. The Bertz CT molecular complexity index is 865. The normalized spacial score (nSPS) is 26.5. The van der Waals surface area contributed by atoms with Gasteiger partial charge in [0, 0.05) is 12.5 Å². The summed E-state index contributed by atoms with van der Waals surface area (Å²) in [7, 11) is 3.23. The quantitative estimate of drug-likeness (QED) is 0.842. The SMILES string of the molecule is COc1ccc([C@@H]2[C@@H]3CCCC[C@@]3(O)CCN2C(=O)c2ccccc2OC)cc1. The van der Waals surface area contributed by atoms with E-state index in [1.807, 2.05) is 53.4 Å². The molecule has 0 spiro atoms. The Labute approximate surface area is 172 Å². The molecule has 154 valence electrons. The first kappa shape index (κ1) is 19.8. The van der Waals surface area contributed by atoms with E-state index in [0.717, 1.165) is 37.0 Å². The van der Waals surface area contributed by atoms with Crippen molar-refractivity contribution in [2.24, 2.45) is 5.92 Å². The van der Waals surface area contributed by atoms with Crippen LogP contribution in [0.2, 0.25) is 0 Å². The van der Waals surface area contributed by atoms with E-state index in [-0.39, 0.29) is 17.9 Å². The number of fused-ring (bicyclic) bond motifs is 1. The molecule has 3 atom stereocenters. The largest absolute Gasteiger partial charge is 0.497 e. The molecule has 2 aromatic rings. The molecule has 1 aliphatic carbocycles. The maximum absolute atomic E-state index is 13.6. The Morgan fingerprint density at radius 2 is 1.79 bits per heavy atom. The van der Waals surface area contributed by atoms with Crippen molar-refractivity contribution < 1.29 is 19.4 Å². The number of aliphatic hydroxyl groups is 1. The zero-order chi connectivity index (χ0) is 20.4. The van der Waals surface area contributed by atoms with Crippen LogP contribution in [0.1, 0.15) is 54.1 Å². The van der Waals surface area contributed by atoms with Crippen molar-refractivity contribution in [1.82, 2.24) is 4.90 Å². The first-order chi connectivity index (χ1) is 14.1. The fourth-order valence-corrected chi connectivity index (χ4v) is 5.10. The van der Waals surface area contributed by atoms with Crippen molar-refractivity contribution >= 4 is 5.91 Å². The Balaban J connectivity index is 1.75. The van der Waals surface area contributed by atoms with Crippen molar-refractivity contribution in [1.29, 1.82) is 0 Å². The lowest BCUT2D eigenvalue weighted by Crippen LogP contribution is -2.56. The molecule has 2 aromatic carbocycles. The molecular formula is C24H29NO4. The molecule has 2 aliphatic rings. The molecule has 0 bridgehead atoms. The molecule has 0 radical (unpaired) electrons. The van der Waals surface area contributed by atoms with Gasteiger partial charge in [-0.05, 0) is 49.1 Å². The molecule has 2 fully saturated rings. The molecule has 1 aliphatic heterocycles. The van der Waals surface area contributed by atoms with E-state index in [0.29, 0.717) is 24.3 Å². The molecule has 1 saturated heterocycles. The number of benzene rings is 2. The monoisotopic (exact) mass is 395 g/mol. The highest BCUT2D eigenvalue weighted by Gasteiger charge is 2.50. The molecule has 5 heteroatoms. The Kier molecular flexibility index (Phi) is 5.50. The van der Waals surface area contributed by atoms with Crippen LogP contribution in [0, 0.1) is 5.92 Å². The predicted octanol–water partition coefficient (Wildman–Crippen LogP) is 4.21. The van der Waals surface area contributed by atoms with E-state index in [1.54, 1.807) is 14.2 Å². The maximum Gasteiger partial charge on any atom is 0.258 e. The van der Waals surface area contributed by atoms with Crippen LogP contribution < -0.4 is 9.47 Å². The van der Waals surface area contributed by atoms with Gasteiger partial charge in [-0.15, -0.1) is 0 Å². The third-order valence-corrected chi connectivity index (χ3v) is 6.62. The molecule has 1 saturated carbocycles. The third kappa shape index (κ3) is 3.60. The first-order valence-corrected chi connectivity index (χ1v) is 10.4. The maximum atomic E-state index is 13.6. The zero-order valence-electron chi connectivity index (χ0n) is 17.1. The van der Waals surface area contributed by atoms with E-state index in [1.165, 1.54) is 0 Å². The van der Waals surface area contributed by atoms with Gasteiger partial charge in [0.15, 0.2) is 0 Å². The second kappa shape index (κ2) is 8.07. The van der Waals surface area contributed by atoms with Crippen LogP contribution in [-0.4, -0.2) is 42.3 Å². The summed E-state index contributed by atoms with van der Waals surface area (Å²) in [5, 5.41) is 11.4. The fourth-order valence-electron chi connectivity index (χ4n) is 5.10. The second-order valence-corrected chi connectivity index (χ2v) is 8.12. The number of methoxy groups -OCH3 is 2. The van der Waals surface area contributed by atoms with Crippen molar-refractivity contribution in [2.45, 2.75) is 43.7 Å². The summed E-state index contributed by atoms with van der Waals surface area (Å²) in [6, 6.07) is 15.1. The van der Waals surface area contributed by atoms with Crippen LogP contribution in [0.4, 0.5) is 0 Å². The van der Waals surface area contributed by atoms with E-state index in [2.05, 4.69) is 0 Å². The molecule has 1 heterocycles. The van der Waals surface area contributed by atoms with Crippen LogP contribution in [-0.2, 0) is 0 Å². The minimum atomic E-state index is -0.708. The van der Waals surface area contributed by atoms with Gasteiger partial charge in [0.2, 0.25) is 0 Å². The minimum absolute atomic E-state index is 0.0250. The predicted molar refractivity (Wildman–Crippen MR) is 111 cm³/mol. The molecule has 0 aromatic heterocycles. The van der Waals surface area contributed by atoms with Gasteiger partial charge < -0.3 is 19.5 Å². The summed E-state index contributed by atoms with van der Waals surface area (Å²) in [6.45, 7) is 0.528. The standard InChI is InChI=1S/C24H29NO4/c1-28-18-12-10-17(11-13-18)22-20-8-5-6-14-24(20,27)15-16-25(22)23(26)19-7-3-4-9-21(19)29-2/h3-4,7,9-13,20,22,27H,5-6,8,14-16H2,1-2H3/t20-,22+,24+/m0/s1. The van der Waals surface area contributed by atoms with Gasteiger partial charge in [0.1, 0.15) is 11.5 Å². The summed E-state index contributed by atoms with van der Waals surface area (Å²) in [4.78, 5) is 15.5. The summed E-state index contributed by atoms with van der Waals surface area (Å²) in [5.41, 5.74) is 0.897. The molecule has 5 nitrogen and oxygen atoms in total. The Morgan fingerprint density at radius 1 is 1.03 bits per heavy atom. The molecule has 29 heavy (non-hydrogen) atoms. The molecule has 4 rings (SSSR count). The zero-order valence-corrected chi connectivity index (χ0v) is 17.1. The number of para-hydroxylation sites is 1. The number of rotatable bonds is 4. The Morgan fingerprint density at radius 3 is 2.52 bits per heavy atom. The lowest BCUT2D eigenvalue weighted by molar-refractivity contribution is -0.115. The van der Waals surface area contributed by atoms with Gasteiger partial charge in [-0.1, -0.05) is 37.1 Å². The van der Waals surface area contributed by atoms with Crippen LogP contribution in [0.15, 0.2) is 48.5 Å². The van der Waals surface area contributed by atoms with E-state index < -0.39 is 5.60 Å². The van der Waals surface area contributed by atoms with Crippen molar-refractivity contribution in [2.75, 3.05) is 20.8 Å². The number of ether oxygens (including phenoxy) is 2. The molecule has 0 unspecified atom stereocenters. The number of likely N-dealkylation sites (tertiary alicyclic amines) is 1. The molecule has 1 N–H and O–H groups in total. The van der Waals surface area contributed by atoms with Gasteiger partial charge in [-0.3, -0.25) is 4.79 Å². The number of hydrogen-bond acceptors (Lipinski definition) is 4. The van der Waals surface area contributed by atoms with Crippen molar-refractivity contribution in [3.63, 3.8) is 0 Å². The van der Waals surface area contributed by atoms with Crippen LogP contribution in [0.25, 0.3) is 0 Å². The van der Waals surface area contributed by atoms with Crippen LogP contribution >= 0.6 is 0 Å². The fraction of sp³-hybridized carbons (Fsp3) is 0.458. The summed E-state index contributed by atoms with van der Waals surface area (Å²) < 4.78 is 10.8. The van der Waals surface area contributed by atoms with Gasteiger partial charge in [-0.25, -0.2) is 0 Å². The van der Waals surface area contributed by atoms with Gasteiger partial charge >= 0.3 is 0 Å². The van der Waals surface area contributed by atoms with Gasteiger partial charge in [0.25, 0.3) is 5.91 Å². The first-order valence-electron chi connectivity index (χ1n) is 10.4. The number of amides is 1. The number of hydrogen-bond donors (Lipinski definition) is 1. The lowest BCUT2D eigenvalue weighted by atomic mass is 9.66. The van der Waals surface area contributed by atoms with Crippen LogP contribution in [0.3, 0.4) is 0 Å². The average Bonchev–Trinajstić information content (AvgIpc) is 2.77. The van der Waals surface area contributed by atoms with E-state index in [9.17, 15) is 9.90 Å². The number of piperidine rings is 1. The summed E-state index contributed by atoms with van der Waals surface area (Å²) in [5.74, 6) is 1.34.